The lowest BCUT2D eigenvalue weighted by Gasteiger charge is -2.13. The Morgan fingerprint density at radius 2 is 1.80 bits per heavy atom. The lowest BCUT2D eigenvalue weighted by molar-refractivity contribution is 0.591. The van der Waals surface area contributed by atoms with Gasteiger partial charge in [0.15, 0.2) is 11.6 Å². The molecule has 0 radical (unpaired) electrons. The molecule has 1 aliphatic heterocycles. The number of fused-ring (bicyclic) bond motifs is 1. The van der Waals surface area contributed by atoms with Gasteiger partial charge in [-0.05, 0) is 12.5 Å². The molecule has 30 heavy (non-hydrogen) atoms. The summed E-state index contributed by atoms with van der Waals surface area (Å²) in [6.45, 7) is 2.11. The van der Waals surface area contributed by atoms with Crippen LogP contribution in [0, 0.1) is 6.92 Å². The van der Waals surface area contributed by atoms with E-state index in [4.69, 9.17) is 10.9 Å². The highest BCUT2D eigenvalue weighted by Gasteiger charge is 2.22. The van der Waals surface area contributed by atoms with Crippen molar-refractivity contribution in [1.29, 1.82) is 0 Å². The number of hydrogen-bond donors (Lipinski definition) is 1. The van der Waals surface area contributed by atoms with Crippen molar-refractivity contribution in [3.05, 3.63) is 82.0 Å². The van der Waals surface area contributed by atoms with E-state index < -0.39 is 5.69 Å². The summed E-state index contributed by atoms with van der Waals surface area (Å²) in [7, 11) is 0. The Hall–Kier alpha value is -3.66. The molecule has 3 heterocycles. The van der Waals surface area contributed by atoms with Crippen molar-refractivity contribution in [2.24, 2.45) is 5.10 Å². The number of hydrogen-bond acceptors (Lipinski definition) is 7. The average Bonchev–Trinajstić information content (AvgIpc) is 3.31. The summed E-state index contributed by atoms with van der Waals surface area (Å²) in [5, 5.41) is 18.2. The van der Waals surface area contributed by atoms with Crippen molar-refractivity contribution in [3.63, 3.8) is 0 Å². The zero-order valence-corrected chi connectivity index (χ0v) is 17.0. The number of nitrogens with two attached hydrogens (primary N) is 1. The number of thioether (sulfide) groups is 1. The highest BCUT2D eigenvalue weighted by Crippen LogP contribution is 2.24. The van der Waals surface area contributed by atoms with E-state index in [2.05, 4.69) is 15.3 Å². The molecule has 0 aliphatic carbocycles. The fourth-order valence-corrected chi connectivity index (χ4v) is 4.05. The molecule has 0 unspecified atom stereocenters. The summed E-state index contributed by atoms with van der Waals surface area (Å²) >= 11 is 1.55. The fraction of sp³-hybridized carbons (Fsp3) is 0.150. The Bertz CT molecular complexity index is 1300. The highest BCUT2D eigenvalue weighted by atomic mass is 32.2. The molecular weight excluding hydrogens is 400 g/mol. The maximum absolute atomic E-state index is 12.6. The molecule has 0 bridgehead atoms. The molecule has 0 saturated carbocycles. The van der Waals surface area contributed by atoms with Crippen LogP contribution in [0.3, 0.4) is 0 Å². The van der Waals surface area contributed by atoms with Crippen LogP contribution in [0.2, 0.25) is 0 Å². The molecule has 9 nitrogen and oxygen atoms in total. The molecule has 150 valence electrons. The van der Waals surface area contributed by atoms with E-state index in [1.165, 1.54) is 4.68 Å². The molecule has 0 fully saturated rings. The minimum Gasteiger partial charge on any atom is -0.333 e. The summed E-state index contributed by atoms with van der Waals surface area (Å²) in [5.41, 5.74) is 3.41. The molecule has 0 amide bonds. The molecule has 5 rings (SSSR count). The van der Waals surface area contributed by atoms with Gasteiger partial charge >= 0.3 is 5.69 Å². The average molecular weight is 418 g/mol. The molecule has 1 aliphatic rings. The Balaban J connectivity index is 1.50. The number of nitrogen functional groups attached to an aromatic ring is 1. The van der Waals surface area contributed by atoms with Crippen LogP contribution in [0.25, 0.3) is 11.4 Å². The van der Waals surface area contributed by atoms with Crippen LogP contribution in [0.1, 0.15) is 17.0 Å². The fourth-order valence-electron chi connectivity index (χ4n) is 3.20. The van der Waals surface area contributed by atoms with E-state index in [9.17, 15) is 4.79 Å². The Morgan fingerprint density at radius 3 is 2.57 bits per heavy atom. The minimum atomic E-state index is -0.432. The largest absolute Gasteiger partial charge is 0.365 e. The van der Waals surface area contributed by atoms with E-state index in [1.807, 2.05) is 61.5 Å². The van der Waals surface area contributed by atoms with Gasteiger partial charge in [0.2, 0.25) is 5.16 Å². The first-order valence-electron chi connectivity index (χ1n) is 9.32. The van der Waals surface area contributed by atoms with Crippen molar-refractivity contribution in [2.75, 3.05) is 11.6 Å². The van der Waals surface area contributed by atoms with Crippen LogP contribution in [0.15, 0.2) is 69.6 Å². The predicted octanol–water partition coefficient (Wildman–Crippen LogP) is 1.73. The number of rotatable bonds is 4. The number of aromatic nitrogens is 6. The standard InChI is InChI=1S/C20H18N8OS/c1-13-7-9-15(10-8-13)18-25-26(20(29)27(18)21)11-17-22-23-19-28(17)24-16(12-30-19)14-5-3-2-4-6-14/h2-10H,11-12,21H2,1H3. The second-order valence-corrected chi connectivity index (χ2v) is 7.85. The maximum atomic E-state index is 12.6. The molecule has 0 spiro atoms. The third kappa shape index (κ3) is 3.20. The van der Waals surface area contributed by atoms with Gasteiger partial charge in [-0.2, -0.15) is 14.5 Å². The van der Waals surface area contributed by atoms with Crippen LogP contribution in [0.4, 0.5) is 0 Å². The first kappa shape index (κ1) is 18.4. The van der Waals surface area contributed by atoms with E-state index in [0.717, 1.165) is 27.1 Å². The lowest BCUT2D eigenvalue weighted by atomic mass is 10.1. The first-order valence-corrected chi connectivity index (χ1v) is 10.3. The van der Waals surface area contributed by atoms with Crippen LogP contribution >= 0.6 is 11.8 Å². The van der Waals surface area contributed by atoms with Crippen LogP contribution < -0.4 is 11.5 Å². The van der Waals surface area contributed by atoms with Crippen molar-refractivity contribution in [3.8, 4) is 11.4 Å². The van der Waals surface area contributed by atoms with E-state index in [-0.39, 0.29) is 6.54 Å². The van der Waals surface area contributed by atoms with Gasteiger partial charge in [0.1, 0.15) is 6.54 Å². The van der Waals surface area contributed by atoms with Crippen molar-refractivity contribution in [2.45, 2.75) is 18.6 Å². The molecule has 2 N–H and O–H groups in total. The van der Waals surface area contributed by atoms with Gasteiger partial charge in [-0.3, -0.25) is 0 Å². The van der Waals surface area contributed by atoms with Gasteiger partial charge in [-0.1, -0.05) is 71.9 Å². The molecular formula is C20H18N8OS. The van der Waals surface area contributed by atoms with Gasteiger partial charge in [0, 0.05) is 11.3 Å². The van der Waals surface area contributed by atoms with Gasteiger partial charge in [-0.25, -0.2) is 9.48 Å². The molecule has 0 atom stereocenters. The molecule has 2 aromatic carbocycles. The van der Waals surface area contributed by atoms with Crippen LogP contribution in [-0.4, -0.2) is 40.8 Å². The molecule has 2 aromatic heterocycles. The van der Waals surface area contributed by atoms with Gasteiger partial charge in [-0.15, -0.1) is 15.3 Å². The predicted molar refractivity (Wildman–Crippen MR) is 115 cm³/mol. The summed E-state index contributed by atoms with van der Waals surface area (Å²) in [6, 6.07) is 17.6. The van der Waals surface area contributed by atoms with E-state index in [0.29, 0.717) is 22.6 Å². The zero-order valence-electron chi connectivity index (χ0n) is 16.1. The number of aryl methyl sites for hydroxylation is 1. The zero-order chi connectivity index (χ0) is 20.7. The quantitative estimate of drug-likeness (QED) is 0.506. The van der Waals surface area contributed by atoms with Crippen molar-refractivity contribution < 1.29 is 0 Å². The second kappa shape index (κ2) is 7.30. The normalized spacial score (nSPS) is 13.2. The summed E-state index contributed by atoms with van der Waals surface area (Å²) in [5.74, 6) is 7.60. The number of benzene rings is 2. The second-order valence-electron chi connectivity index (χ2n) is 6.91. The van der Waals surface area contributed by atoms with E-state index >= 15 is 0 Å². The SMILES string of the molecule is Cc1ccc(-c2nn(Cc3nnc4n3N=C(c3ccccc3)CS4)c(=O)n2N)cc1. The summed E-state index contributed by atoms with van der Waals surface area (Å²) in [4.78, 5) is 12.6. The monoisotopic (exact) mass is 418 g/mol. The minimum absolute atomic E-state index is 0.112. The third-order valence-corrected chi connectivity index (χ3v) is 5.74. The number of nitrogens with zero attached hydrogens (tertiary/aromatic N) is 7. The van der Waals surface area contributed by atoms with Gasteiger partial charge in [0.25, 0.3) is 0 Å². The smallest absolute Gasteiger partial charge is 0.333 e. The maximum Gasteiger partial charge on any atom is 0.365 e. The van der Waals surface area contributed by atoms with E-state index in [1.54, 1.807) is 16.4 Å². The van der Waals surface area contributed by atoms with Gasteiger partial charge < -0.3 is 5.84 Å². The third-order valence-electron chi connectivity index (χ3n) is 4.81. The Morgan fingerprint density at radius 1 is 1.03 bits per heavy atom. The van der Waals surface area contributed by atoms with Crippen molar-refractivity contribution in [1.82, 2.24) is 29.3 Å². The van der Waals surface area contributed by atoms with Crippen molar-refractivity contribution >= 4 is 17.5 Å². The highest BCUT2D eigenvalue weighted by molar-refractivity contribution is 7.99. The summed E-state index contributed by atoms with van der Waals surface area (Å²) in [6.07, 6.45) is 0. The Kier molecular flexibility index (Phi) is 4.47. The lowest BCUT2D eigenvalue weighted by Crippen LogP contribution is -2.31. The summed E-state index contributed by atoms with van der Waals surface area (Å²) < 4.78 is 4.00. The topological polar surface area (TPSA) is 109 Å². The molecule has 0 saturated heterocycles. The first-order chi connectivity index (χ1) is 14.6. The van der Waals surface area contributed by atoms with Crippen LogP contribution in [0.5, 0.6) is 0 Å². The van der Waals surface area contributed by atoms with Gasteiger partial charge in [0.05, 0.1) is 5.71 Å². The molecule has 4 aromatic rings. The van der Waals surface area contributed by atoms with Crippen LogP contribution in [-0.2, 0) is 6.54 Å². The Labute approximate surface area is 175 Å². The molecule has 10 heteroatoms.